The normalized spacial score (nSPS) is 14.2. The molecular weight excluding hydrogens is 1260 g/mol. The number of unbranched alkanes of at least 4 members (excludes halogenated alkanes) is 48. The molecule has 0 fully saturated rings. The lowest BCUT2D eigenvalue weighted by molar-refractivity contribution is -0.161. The zero-order valence-corrected chi connectivity index (χ0v) is 64.3. The fourth-order valence-corrected chi connectivity index (χ4v) is 13.4. The van der Waals surface area contributed by atoms with Gasteiger partial charge in [-0.15, -0.1) is 0 Å². The van der Waals surface area contributed by atoms with E-state index in [2.05, 4.69) is 34.6 Å². The Morgan fingerprint density at radius 1 is 0.292 bits per heavy atom. The first kappa shape index (κ1) is 94.1. The number of hydrogen-bond acceptors (Lipinski definition) is 15. The molecule has 3 unspecified atom stereocenters. The van der Waals surface area contributed by atoms with Crippen molar-refractivity contribution in [1.82, 2.24) is 0 Å². The first-order valence-corrected chi connectivity index (χ1v) is 43.2. The van der Waals surface area contributed by atoms with Gasteiger partial charge in [-0.05, 0) is 31.6 Å². The smallest absolute Gasteiger partial charge is 0.462 e. The molecule has 0 radical (unpaired) electrons. The molecule has 570 valence electrons. The highest BCUT2D eigenvalue weighted by Gasteiger charge is 2.30. The van der Waals surface area contributed by atoms with Crippen LogP contribution in [0.2, 0.25) is 0 Å². The van der Waals surface area contributed by atoms with E-state index in [-0.39, 0.29) is 25.7 Å². The Hall–Kier alpha value is -1.94. The van der Waals surface area contributed by atoms with E-state index >= 15 is 0 Å². The van der Waals surface area contributed by atoms with E-state index in [1.54, 1.807) is 0 Å². The number of hydrogen-bond donors (Lipinski definition) is 3. The molecule has 0 aliphatic rings. The number of carbonyl (C=O) groups is 4. The highest BCUT2D eigenvalue weighted by Crippen LogP contribution is 2.45. The van der Waals surface area contributed by atoms with Crippen molar-refractivity contribution in [3.05, 3.63) is 0 Å². The summed E-state index contributed by atoms with van der Waals surface area (Å²) in [5, 5.41) is 10.6. The van der Waals surface area contributed by atoms with Crippen LogP contribution in [0.15, 0.2) is 0 Å². The molecule has 0 aliphatic heterocycles. The van der Waals surface area contributed by atoms with Crippen molar-refractivity contribution in [2.24, 2.45) is 5.92 Å². The number of phosphoric ester groups is 2. The quantitative estimate of drug-likeness (QED) is 0.0222. The molecule has 0 aromatic rings. The molecule has 3 N–H and O–H groups in total. The van der Waals surface area contributed by atoms with Crippen LogP contribution in [0.25, 0.3) is 0 Å². The molecule has 0 rings (SSSR count). The first-order chi connectivity index (χ1) is 46.6. The Balaban J connectivity index is 5.25. The maximum atomic E-state index is 13.1. The molecule has 0 saturated heterocycles. The average Bonchev–Trinajstić information content (AvgIpc) is 1.45. The van der Waals surface area contributed by atoms with Gasteiger partial charge < -0.3 is 33.8 Å². The van der Waals surface area contributed by atoms with Gasteiger partial charge in [0.05, 0.1) is 26.4 Å². The summed E-state index contributed by atoms with van der Waals surface area (Å²) < 4.78 is 68.6. The summed E-state index contributed by atoms with van der Waals surface area (Å²) in [6.45, 7) is 7.30. The first-order valence-electron chi connectivity index (χ1n) is 40.2. The Kier molecular flexibility index (Phi) is 68.7. The highest BCUT2D eigenvalue weighted by atomic mass is 31.2. The fraction of sp³-hybridized carbons (Fsp3) is 0.948. The lowest BCUT2D eigenvalue weighted by Crippen LogP contribution is -2.30. The summed E-state index contributed by atoms with van der Waals surface area (Å²) in [7, 11) is -9.91. The van der Waals surface area contributed by atoms with E-state index in [0.29, 0.717) is 25.7 Å². The zero-order chi connectivity index (χ0) is 70.5. The minimum Gasteiger partial charge on any atom is -0.462 e. The standard InChI is InChI=1S/C77H150O17P2/c1-6-10-13-16-19-22-25-28-30-31-32-33-35-38-41-47-52-57-62-76(81)93-72(66-87-75(80)61-56-51-46-40-37-34-29-26-23-20-17-14-11-7-2)68-91-95(83,84)89-64-71(78)65-90-96(85,86)92-69-73(94-77(82)63-58-53-48-43-42-44-49-54-59-70(5)9-4)67-88-74(79)60-55-50-45-39-36-27-24-21-18-15-12-8-3/h70-73,78H,6-69H2,1-5H3,(H,83,84)(H,85,86)/t70?,71-,72-,73-/m1/s1. The number of carbonyl (C=O) groups excluding carboxylic acids is 4. The van der Waals surface area contributed by atoms with E-state index in [1.165, 1.54) is 231 Å². The number of aliphatic hydroxyl groups excluding tert-OH is 1. The Bertz CT molecular complexity index is 1840. The van der Waals surface area contributed by atoms with Gasteiger partial charge in [0, 0.05) is 25.7 Å². The van der Waals surface area contributed by atoms with Gasteiger partial charge >= 0.3 is 39.5 Å². The molecule has 0 saturated carbocycles. The summed E-state index contributed by atoms with van der Waals surface area (Å²) in [5.41, 5.74) is 0. The minimum atomic E-state index is -4.96. The number of aliphatic hydroxyl groups is 1. The van der Waals surface area contributed by atoms with Gasteiger partial charge in [0.25, 0.3) is 0 Å². The predicted molar refractivity (Wildman–Crippen MR) is 391 cm³/mol. The van der Waals surface area contributed by atoms with Crippen LogP contribution < -0.4 is 0 Å². The SMILES string of the molecule is CCCCCCCCCCCCCCCCCCCCC(=O)O[C@H](COC(=O)CCCCCCCCCCCCCCCC)COP(=O)(O)OC[C@@H](O)COP(=O)(O)OC[C@@H](COC(=O)CCCCCCCCCCCCCC)OC(=O)CCCCCCCCCCC(C)CC. The summed E-state index contributed by atoms with van der Waals surface area (Å²) in [4.78, 5) is 72.9. The second-order valence-corrected chi connectivity index (χ2v) is 30.9. The summed E-state index contributed by atoms with van der Waals surface area (Å²) in [5.74, 6) is -1.34. The Morgan fingerprint density at radius 3 is 0.740 bits per heavy atom. The van der Waals surface area contributed by atoms with Crippen molar-refractivity contribution in [2.45, 2.75) is 425 Å². The molecule has 0 aromatic carbocycles. The molecule has 0 heterocycles. The van der Waals surface area contributed by atoms with Gasteiger partial charge in [-0.1, -0.05) is 356 Å². The van der Waals surface area contributed by atoms with E-state index < -0.39 is 97.5 Å². The van der Waals surface area contributed by atoms with E-state index in [1.807, 2.05) is 0 Å². The van der Waals surface area contributed by atoms with Crippen LogP contribution in [0.4, 0.5) is 0 Å². The molecule has 0 amide bonds. The molecule has 0 bridgehead atoms. The zero-order valence-electron chi connectivity index (χ0n) is 62.5. The molecular formula is C77H150O17P2. The van der Waals surface area contributed by atoms with Gasteiger partial charge in [0.2, 0.25) is 0 Å². The fourth-order valence-electron chi connectivity index (χ4n) is 11.8. The second-order valence-electron chi connectivity index (χ2n) is 28.0. The van der Waals surface area contributed by atoms with Crippen LogP contribution in [0, 0.1) is 5.92 Å². The van der Waals surface area contributed by atoms with E-state index in [0.717, 1.165) is 95.8 Å². The average molecular weight is 1410 g/mol. The molecule has 0 aromatic heterocycles. The summed E-state index contributed by atoms with van der Waals surface area (Å²) in [6.07, 6.45) is 59.5. The number of ether oxygens (including phenoxy) is 4. The topological polar surface area (TPSA) is 237 Å². The van der Waals surface area contributed by atoms with Crippen molar-refractivity contribution >= 4 is 39.5 Å². The van der Waals surface area contributed by atoms with E-state index in [4.69, 9.17) is 37.0 Å². The number of phosphoric acid groups is 2. The van der Waals surface area contributed by atoms with Crippen LogP contribution in [0.3, 0.4) is 0 Å². The molecule has 96 heavy (non-hydrogen) atoms. The molecule has 0 spiro atoms. The lowest BCUT2D eigenvalue weighted by atomic mass is 9.99. The maximum Gasteiger partial charge on any atom is 0.472 e. The largest absolute Gasteiger partial charge is 0.472 e. The van der Waals surface area contributed by atoms with Gasteiger partial charge in [-0.25, -0.2) is 9.13 Å². The Labute approximate surface area is 588 Å². The van der Waals surface area contributed by atoms with Gasteiger partial charge in [-0.3, -0.25) is 37.3 Å². The summed E-state index contributed by atoms with van der Waals surface area (Å²) in [6, 6.07) is 0. The molecule has 17 nitrogen and oxygen atoms in total. The Morgan fingerprint density at radius 2 is 0.500 bits per heavy atom. The van der Waals surface area contributed by atoms with Gasteiger partial charge in [0.15, 0.2) is 12.2 Å². The van der Waals surface area contributed by atoms with Crippen molar-refractivity contribution in [3.63, 3.8) is 0 Å². The van der Waals surface area contributed by atoms with Crippen molar-refractivity contribution in [3.8, 4) is 0 Å². The number of esters is 4. The predicted octanol–water partition coefficient (Wildman–Crippen LogP) is 22.9. The van der Waals surface area contributed by atoms with Crippen LogP contribution in [0.1, 0.15) is 407 Å². The second kappa shape index (κ2) is 70.1. The third-order valence-corrected chi connectivity index (χ3v) is 20.3. The van der Waals surface area contributed by atoms with Crippen LogP contribution in [-0.2, 0) is 65.4 Å². The monoisotopic (exact) mass is 1410 g/mol. The minimum absolute atomic E-state index is 0.106. The van der Waals surface area contributed by atoms with Gasteiger partial charge in [0.1, 0.15) is 19.3 Å². The van der Waals surface area contributed by atoms with Gasteiger partial charge in [-0.2, -0.15) is 0 Å². The van der Waals surface area contributed by atoms with Crippen molar-refractivity contribution in [2.75, 3.05) is 39.6 Å². The maximum absolute atomic E-state index is 13.1. The summed E-state index contributed by atoms with van der Waals surface area (Å²) >= 11 is 0. The van der Waals surface area contributed by atoms with Crippen LogP contribution in [-0.4, -0.2) is 96.7 Å². The van der Waals surface area contributed by atoms with Crippen molar-refractivity contribution in [1.29, 1.82) is 0 Å². The molecule has 6 atom stereocenters. The van der Waals surface area contributed by atoms with Crippen LogP contribution >= 0.6 is 15.6 Å². The molecule has 0 aliphatic carbocycles. The number of rotatable bonds is 77. The van der Waals surface area contributed by atoms with Crippen molar-refractivity contribution < 1.29 is 80.2 Å². The third-order valence-electron chi connectivity index (χ3n) is 18.4. The lowest BCUT2D eigenvalue weighted by Gasteiger charge is -2.21. The van der Waals surface area contributed by atoms with E-state index in [9.17, 15) is 43.2 Å². The highest BCUT2D eigenvalue weighted by molar-refractivity contribution is 7.47. The molecule has 19 heteroatoms. The van der Waals surface area contributed by atoms with Crippen LogP contribution in [0.5, 0.6) is 0 Å². The third kappa shape index (κ3) is 69.2.